The van der Waals surface area contributed by atoms with E-state index < -0.39 is 0 Å². The van der Waals surface area contributed by atoms with Crippen molar-refractivity contribution in [2.75, 3.05) is 56.2 Å². The Morgan fingerprint density at radius 1 is 1.11 bits per heavy atom. The Hall–Kier alpha value is -2.28. The highest BCUT2D eigenvalue weighted by atomic mass is 32.1. The molecule has 7 heteroatoms. The predicted octanol–water partition coefficient (Wildman–Crippen LogP) is 3.35. The van der Waals surface area contributed by atoms with E-state index >= 15 is 0 Å². The predicted molar refractivity (Wildman–Crippen MR) is 114 cm³/mol. The van der Waals surface area contributed by atoms with Gasteiger partial charge in [0.05, 0.1) is 7.11 Å². The van der Waals surface area contributed by atoms with Gasteiger partial charge in [-0.1, -0.05) is 6.92 Å². The number of benzene rings is 1. The molecule has 6 nitrogen and oxygen atoms in total. The van der Waals surface area contributed by atoms with Crippen molar-refractivity contribution in [3.05, 3.63) is 35.3 Å². The topological polar surface area (TPSA) is 48.9 Å². The first-order valence-electron chi connectivity index (χ1n) is 10.0. The van der Waals surface area contributed by atoms with Crippen molar-refractivity contribution in [3.63, 3.8) is 0 Å². The number of hydrogen-bond acceptors (Lipinski definition) is 6. The summed E-state index contributed by atoms with van der Waals surface area (Å²) in [5, 5.41) is 2.88. The van der Waals surface area contributed by atoms with E-state index in [-0.39, 0.29) is 5.91 Å². The quantitative estimate of drug-likeness (QED) is 0.788. The van der Waals surface area contributed by atoms with Crippen LogP contribution < -0.4 is 14.5 Å². The highest BCUT2D eigenvalue weighted by Gasteiger charge is 2.25. The normalized spacial score (nSPS) is 20.4. The van der Waals surface area contributed by atoms with Gasteiger partial charge in [0.2, 0.25) is 0 Å². The van der Waals surface area contributed by atoms with Gasteiger partial charge in [0.1, 0.15) is 11.4 Å². The van der Waals surface area contributed by atoms with E-state index in [0.29, 0.717) is 11.6 Å². The minimum atomic E-state index is 0.0888. The monoisotopic (exact) mass is 400 g/mol. The summed E-state index contributed by atoms with van der Waals surface area (Å²) in [6.45, 7) is 7.64. The van der Waals surface area contributed by atoms with E-state index in [2.05, 4.69) is 33.8 Å². The van der Waals surface area contributed by atoms with E-state index in [4.69, 9.17) is 4.74 Å². The lowest BCUT2D eigenvalue weighted by Crippen LogP contribution is -2.46. The molecule has 4 rings (SSSR count). The van der Waals surface area contributed by atoms with Crippen molar-refractivity contribution >= 4 is 28.1 Å². The summed E-state index contributed by atoms with van der Waals surface area (Å²) in [5.41, 5.74) is 1.82. The van der Waals surface area contributed by atoms with Crippen LogP contribution in [-0.4, -0.2) is 62.2 Å². The number of methoxy groups -OCH3 is 1. The Morgan fingerprint density at radius 2 is 1.82 bits per heavy atom. The maximum absolute atomic E-state index is 12.8. The second kappa shape index (κ2) is 8.39. The number of nitrogens with zero attached hydrogens (tertiary/aromatic N) is 4. The third kappa shape index (κ3) is 4.09. The number of piperidine rings is 1. The average Bonchev–Trinajstić information content (AvgIpc) is 3.24. The molecule has 1 aromatic carbocycles. The van der Waals surface area contributed by atoms with Gasteiger partial charge in [0, 0.05) is 50.3 Å². The molecule has 0 radical (unpaired) electrons. The van der Waals surface area contributed by atoms with Gasteiger partial charge in [-0.2, -0.15) is 0 Å². The summed E-state index contributed by atoms with van der Waals surface area (Å²) in [4.78, 5) is 24.1. The number of likely N-dealkylation sites (tertiary alicyclic amines) is 1. The number of hydrogen-bond donors (Lipinski definition) is 0. The summed E-state index contributed by atoms with van der Waals surface area (Å²) >= 11 is 1.58. The molecule has 0 saturated carbocycles. The number of piperazine rings is 1. The molecule has 2 aliphatic rings. The summed E-state index contributed by atoms with van der Waals surface area (Å²) < 4.78 is 5.24. The molecule has 2 fully saturated rings. The fraction of sp³-hybridized carbons (Fsp3) is 0.524. The van der Waals surface area contributed by atoms with Crippen LogP contribution in [0, 0.1) is 5.92 Å². The lowest BCUT2D eigenvalue weighted by Gasteiger charge is -2.36. The van der Waals surface area contributed by atoms with Gasteiger partial charge in [-0.3, -0.25) is 4.79 Å². The molecule has 0 N–H and O–H groups in total. The van der Waals surface area contributed by atoms with Crippen LogP contribution in [0.5, 0.6) is 5.75 Å². The number of carbonyl (C=O) groups excluding carboxylic acids is 1. The van der Waals surface area contributed by atoms with Gasteiger partial charge in [0.25, 0.3) is 5.91 Å². The first-order valence-corrected chi connectivity index (χ1v) is 10.9. The fourth-order valence-electron chi connectivity index (χ4n) is 3.99. The Bertz CT molecular complexity index is 799. The Labute approximate surface area is 170 Å². The van der Waals surface area contributed by atoms with Gasteiger partial charge in [-0.25, -0.2) is 4.98 Å². The Morgan fingerprint density at radius 3 is 2.50 bits per heavy atom. The lowest BCUT2D eigenvalue weighted by molar-refractivity contribution is 0.0678. The number of rotatable bonds is 4. The van der Waals surface area contributed by atoms with Gasteiger partial charge < -0.3 is 19.4 Å². The van der Waals surface area contributed by atoms with Crippen molar-refractivity contribution in [1.82, 2.24) is 9.88 Å². The minimum absolute atomic E-state index is 0.0888. The highest BCUT2D eigenvalue weighted by molar-refractivity contribution is 7.13. The van der Waals surface area contributed by atoms with Crippen LogP contribution >= 0.6 is 11.3 Å². The van der Waals surface area contributed by atoms with Gasteiger partial charge in [-0.05, 0) is 43.0 Å². The molecule has 3 heterocycles. The maximum Gasteiger partial charge on any atom is 0.273 e. The molecule has 0 bridgehead atoms. The van der Waals surface area contributed by atoms with Crippen LogP contribution in [0.25, 0.3) is 0 Å². The first-order chi connectivity index (χ1) is 13.6. The number of carbonyl (C=O) groups is 1. The second-order valence-corrected chi connectivity index (χ2v) is 8.52. The summed E-state index contributed by atoms with van der Waals surface area (Å²) in [7, 11) is 1.69. The Balaban J connectivity index is 1.35. The molecule has 1 amide bonds. The van der Waals surface area contributed by atoms with E-state index in [9.17, 15) is 4.79 Å². The first kappa shape index (κ1) is 19.1. The molecule has 1 atom stereocenters. The summed E-state index contributed by atoms with van der Waals surface area (Å²) in [6, 6.07) is 8.21. The van der Waals surface area contributed by atoms with Crippen molar-refractivity contribution in [1.29, 1.82) is 0 Å². The van der Waals surface area contributed by atoms with Crippen molar-refractivity contribution in [2.45, 2.75) is 19.8 Å². The molecular formula is C21H28N4O2S. The van der Waals surface area contributed by atoms with E-state index in [1.807, 2.05) is 22.4 Å². The molecule has 2 saturated heterocycles. The van der Waals surface area contributed by atoms with Crippen LogP contribution in [0.15, 0.2) is 29.6 Å². The molecule has 28 heavy (non-hydrogen) atoms. The van der Waals surface area contributed by atoms with Crippen LogP contribution in [0.4, 0.5) is 10.8 Å². The van der Waals surface area contributed by atoms with E-state index in [1.165, 1.54) is 12.1 Å². The summed E-state index contributed by atoms with van der Waals surface area (Å²) in [6.07, 6.45) is 2.31. The zero-order chi connectivity index (χ0) is 19.5. The number of anilines is 2. The zero-order valence-electron chi connectivity index (χ0n) is 16.6. The number of thiazole rings is 1. The zero-order valence-corrected chi connectivity index (χ0v) is 17.5. The number of ether oxygens (including phenoxy) is 1. The smallest absolute Gasteiger partial charge is 0.273 e. The molecule has 1 aromatic heterocycles. The molecule has 0 spiro atoms. The molecule has 0 aliphatic carbocycles. The van der Waals surface area contributed by atoms with Crippen molar-refractivity contribution in [3.8, 4) is 5.75 Å². The molecule has 2 aliphatic heterocycles. The van der Waals surface area contributed by atoms with E-state index in [0.717, 1.165) is 56.6 Å². The highest BCUT2D eigenvalue weighted by Crippen LogP contribution is 2.26. The standard InChI is InChI=1S/C21H28N4O2S/c1-16-4-3-9-25(14-16)20(26)19-15-28-21(22-19)24-12-10-23(11-13-24)17-5-7-18(27-2)8-6-17/h5-8,15-16H,3-4,9-14H2,1-2H3/t16-/m1/s1. The molecule has 150 valence electrons. The van der Waals surface area contributed by atoms with Crippen molar-refractivity contribution < 1.29 is 9.53 Å². The lowest BCUT2D eigenvalue weighted by atomic mass is 10.0. The van der Waals surface area contributed by atoms with Crippen molar-refractivity contribution in [2.24, 2.45) is 5.92 Å². The maximum atomic E-state index is 12.8. The number of amides is 1. The number of aromatic nitrogens is 1. The van der Waals surface area contributed by atoms with Crippen LogP contribution in [-0.2, 0) is 0 Å². The fourth-order valence-corrected chi connectivity index (χ4v) is 4.85. The largest absolute Gasteiger partial charge is 0.497 e. The van der Waals surface area contributed by atoms with Crippen LogP contribution in [0.2, 0.25) is 0 Å². The van der Waals surface area contributed by atoms with Gasteiger partial charge in [-0.15, -0.1) is 11.3 Å². The third-order valence-corrected chi connectivity index (χ3v) is 6.54. The van der Waals surface area contributed by atoms with Crippen LogP contribution in [0.1, 0.15) is 30.3 Å². The SMILES string of the molecule is COc1ccc(N2CCN(c3nc(C(=O)N4CCC[C@@H](C)C4)cs3)CC2)cc1. The van der Waals surface area contributed by atoms with Gasteiger partial charge >= 0.3 is 0 Å². The Kier molecular flexibility index (Phi) is 5.71. The van der Waals surface area contributed by atoms with Crippen LogP contribution in [0.3, 0.4) is 0 Å². The molecule has 2 aromatic rings. The summed E-state index contributed by atoms with van der Waals surface area (Å²) in [5.74, 6) is 1.55. The minimum Gasteiger partial charge on any atom is -0.497 e. The third-order valence-electron chi connectivity index (χ3n) is 5.64. The average molecular weight is 401 g/mol. The molecular weight excluding hydrogens is 372 g/mol. The van der Waals surface area contributed by atoms with E-state index in [1.54, 1.807) is 18.4 Å². The second-order valence-electron chi connectivity index (χ2n) is 7.69. The van der Waals surface area contributed by atoms with Gasteiger partial charge in [0.15, 0.2) is 5.13 Å². The molecule has 0 unspecified atom stereocenters.